The minimum Gasteiger partial charge on any atom is -0.493 e. The van der Waals surface area contributed by atoms with E-state index in [0.717, 1.165) is 28.0 Å². The molecule has 4 heterocycles. The fourth-order valence-corrected chi connectivity index (χ4v) is 4.42. The van der Waals surface area contributed by atoms with Crippen LogP contribution in [-0.2, 0) is 13.0 Å². The van der Waals surface area contributed by atoms with Crippen molar-refractivity contribution >= 4 is 40.0 Å². The minimum atomic E-state index is -0.344. The van der Waals surface area contributed by atoms with E-state index in [0.29, 0.717) is 40.8 Å². The summed E-state index contributed by atoms with van der Waals surface area (Å²) in [6.45, 7) is 0.572. The number of H-pyrrole nitrogens is 1. The summed E-state index contributed by atoms with van der Waals surface area (Å²) in [6.07, 6.45) is 5.67. The van der Waals surface area contributed by atoms with Gasteiger partial charge >= 0.3 is 0 Å². The Balaban J connectivity index is 1.53. The maximum absolute atomic E-state index is 13.4. The number of hydrogen-bond donors (Lipinski definition) is 2. The van der Waals surface area contributed by atoms with Crippen LogP contribution >= 0.6 is 23.2 Å². The quantitative estimate of drug-likeness (QED) is 0.439. The highest BCUT2D eigenvalue weighted by molar-refractivity contribution is 6.32. The molecule has 5 rings (SSSR count). The predicted octanol–water partition coefficient (Wildman–Crippen LogP) is 4.16. The average molecular weight is 457 g/mol. The van der Waals surface area contributed by atoms with Gasteiger partial charge in [-0.15, -0.1) is 0 Å². The van der Waals surface area contributed by atoms with E-state index in [4.69, 9.17) is 27.9 Å². The van der Waals surface area contributed by atoms with Gasteiger partial charge in [0.1, 0.15) is 5.75 Å². The van der Waals surface area contributed by atoms with Gasteiger partial charge in [-0.25, -0.2) is 0 Å². The lowest BCUT2D eigenvalue weighted by Gasteiger charge is -2.24. The Morgan fingerprint density at radius 2 is 2.19 bits per heavy atom. The van der Waals surface area contributed by atoms with Gasteiger partial charge < -0.3 is 14.4 Å². The molecule has 1 unspecified atom stereocenters. The van der Waals surface area contributed by atoms with Crippen LogP contribution in [-0.4, -0.2) is 43.9 Å². The van der Waals surface area contributed by atoms with Crippen molar-refractivity contribution in [1.29, 1.82) is 0 Å². The first-order valence-corrected chi connectivity index (χ1v) is 10.6. The third-order valence-electron chi connectivity index (χ3n) is 5.53. The molecule has 7 nitrogen and oxygen atoms in total. The highest BCUT2D eigenvalue weighted by atomic mass is 35.5. The van der Waals surface area contributed by atoms with Crippen LogP contribution < -0.4 is 4.74 Å². The Bertz CT molecular complexity index is 1300. The number of Topliss-reactive ketones (excluding diaryl/α,β-unsaturated/α-hetero) is 1. The average Bonchev–Trinajstić information content (AvgIpc) is 3.36. The second-order valence-electron chi connectivity index (χ2n) is 7.47. The summed E-state index contributed by atoms with van der Waals surface area (Å²) < 4.78 is 7.64. The lowest BCUT2D eigenvalue weighted by Crippen LogP contribution is -2.28. The first-order valence-electron chi connectivity index (χ1n) is 9.80. The number of aromatic nitrogens is 4. The molecule has 9 heteroatoms. The summed E-state index contributed by atoms with van der Waals surface area (Å²) in [5, 5.41) is 17.1. The molecular formula is C22H18Cl2N4O3. The molecular weight excluding hydrogens is 439 g/mol. The van der Waals surface area contributed by atoms with Crippen LogP contribution in [0.4, 0.5) is 0 Å². The molecule has 0 fully saturated rings. The summed E-state index contributed by atoms with van der Waals surface area (Å²) >= 11 is 12.3. The molecule has 4 aromatic rings. The van der Waals surface area contributed by atoms with Crippen molar-refractivity contribution in [2.24, 2.45) is 5.92 Å². The number of aliphatic hydroxyl groups is 1. The lowest BCUT2D eigenvalue weighted by atomic mass is 9.90. The zero-order chi connectivity index (χ0) is 21.5. The van der Waals surface area contributed by atoms with Crippen molar-refractivity contribution in [2.75, 3.05) is 13.2 Å². The van der Waals surface area contributed by atoms with Gasteiger partial charge in [-0.2, -0.15) is 5.10 Å². The maximum atomic E-state index is 13.4. The van der Waals surface area contributed by atoms with Crippen LogP contribution in [0.25, 0.3) is 22.2 Å². The van der Waals surface area contributed by atoms with E-state index >= 15 is 0 Å². The number of nitrogens with zero attached hydrogens (tertiary/aromatic N) is 3. The number of benzene rings is 1. The highest BCUT2D eigenvalue weighted by Crippen LogP contribution is 2.34. The summed E-state index contributed by atoms with van der Waals surface area (Å²) in [5.41, 5.74) is 4.24. The number of ether oxygens (including phenoxy) is 1. The Morgan fingerprint density at radius 3 is 2.97 bits per heavy atom. The van der Waals surface area contributed by atoms with Crippen LogP contribution in [0.3, 0.4) is 0 Å². The molecule has 3 aromatic heterocycles. The van der Waals surface area contributed by atoms with E-state index in [1.54, 1.807) is 24.7 Å². The Kier molecular flexibility index (Phi) is 5.17. The molecule has 0 bridgehead atoms. The minimum absolute atomic E-state index is 0.0473. The van der Waals surface area contributed by atoms with E-state index in [1.807, 2.05) is 22.8 Å². The van der Waals surface area contributed by atoms with Gasteiger partial charge in [-0.05, 0) is 36.2 Å². The molecule has 1 aliphatic rings. The SMILES string of the molecule is O=C(c1cn(CCO)c2cc(-c3c[nH]nc3Cl)cnc12)C1COc2ccc(Cl)cc2C1. The number of nitrogens with one attached hydrogen (secondary N) is 1. The maximum Gasteiger partial charge on any atom is 0.173 e. The first-order chi connectivity index (χ1) is 15.0. The number of aliphatic hydroxyl groups excluding tert-OH is 1. The smallest absolute Gasteiger partial charge is 0.173 e. The molecule has 1 aliphatic heterocycles. The van der Waals surface area contributed by atoms with Crippen molar-refractivity contribution in [3.05, 3.63) is 64.2 Å². The van der Waals surface area contributed by atoms with E-state index < -0.39 is 0 Å². The zero-order valence-electron chi connectivity index (χ0n) is 16.3. The number of carbonyl (C=O) groups excluding carboxylic acids is 1. The van der Waals surface area contributed by atoms with Crippen molar-refractivity contribution in [1.82, 2.24) is 19.7 Å². The molecule has 0 spiro atoms. The van der Waals surface area contributed by atoms with Crippen LogP contribution in [0.5, 0.6) is 5.75 Å². The van der Waals surface area contributed by atoms with E-state index in [2.05, 4.69) is 15.2 Å². The molecule has 2 N–H and O–H groups in total. The van der Waals surface area contributed by atoms with E-state index in [1.165, 1.54) is 0 Å². The van der Waals surface area contributed by atoms with Crippen LogP contribution in [0, 0.1) is 5.92 Å². The number of rotatable bonds is 5. The number of ketones is 1. The van der Waals surface area contributed by atoms with Crippen molar-refractivity contribution < 1.29 is 14.6 Å². The highest BCUT2D eigenvalue weighted by Gasteiger charge is 2.30. The molecule has 0 saturated heterocycles. The van der Waals surface area contributed by atoms with E-state index in [9.17, 15) is 9.90 Å². The van der Waals surface area contributed by atoms with Gasteiger partial charge in [0.2, 0.25) is 0 Å². The zero-order valence-corrected chi connectivity index (χ0v) is 17.8. The molecule has 31 heavy (non-hydrogen) atoms. The Hall–Kier alpha value is -2.87. The number of halogens is 2. The van der Waals surface area contributed by atoms with Gasteiger partial charge in [0.25, 0.3) is 0 Å². The third kappa shape index (κ3) is 3.59. The summed E-state index contributed by atoms with van der Waals surface area (Å²) in [4.78, 5) is 18.0. The summed E-state index contributed by atoms with van der Waals surface area (Å²) in [6, 6.07) is 7.34. The topological polar surface area (TPSA) is 93.0 Å². The van der Waals surface area contributed by atoms with Crippen molar-refractivity contribution in [3.8, 4) is 16.9 Å². The van der Waals surface area contributed by atoms with Crippen LogP contribution in [0.2, 0.25) is 10.2 Å². The fourth-order valence-electron chi connectivity index (χ4n) is 4.01. The molecule has 158 valence electrons. The van der Waals surface area contributed by atoms with E-state index in [-0.39, 0.29) is 18.3 Å². The number of aromatic amines is 1. The fraction of sp³-hybridized carbons (Fsp3) is 0.227. The predicted molar refractivity (Wildman–Crippen MR) is 118 cm³/mol. The Labute approximate surface area is 187 Å². The lowest BCUT2D eigenvalue weighted by molar-refractivity contribution is 0.0856. The normalized spacial score (nSPS) is 15.6. The Morgan fingerprint density at radius 1 is 1.32 bits per heavy atom. The second-order valence-corrected chi connectivity index (χ2v) is 8.26. The molecule has 1 atom stereocenters. The molecule has 0 aliphatic carbocycles. The number of pyridine rings is 1. The van der Waals surface area contributed by atoms with Gasteiger partial charge in [0, 0.05) is 41.3 Å². The van der Waals surface area contributed by atoms with Crippen molar-refractivity contribution in [3.63, 3.8) is 0 Å². The first kappa shape index (κ1) is 20.1. The summed E-state index contributed by atoms with van der Waals surface area (Å²) in [5.74, 6) is 0.369. The number of hydrogen-bond acceptors (Lipinski definition) is 5. The molecule has 0 amide bonds. The van der Waals surface area contributed by atoms with Crippen LogP contribution in [0.1, 0.15) is 15.9 Å². The van der Waals surface area contributed by atoms with Gasteiger partial charge in [-0.3, -0.25) is 14.9 Å². The largest absolute Gasteiger partial charge is 0.493 e. The van der Waals surface area contributed by atoms with Gasteiger partial charge in [-0.1, -0.05) is 23.2 Å². The molecule has 0 radical (unpaired) electrons. The van der Waals surface area contributed by atoms with Gasteiger partial charge in [0.15, 0.2) is 10.9 Å². The standard InChI is InChI=1S/C22H18Cl2N4O3/c23-15-1-2-19-12(6-15)5-14(11-31-19)21(30)17-10-28(3-4-29)18-7-13(8-25-20(17)18)16-9-26-27-22(16)24/h1-2,6-10,14,29H,3-5,11H2,(H,26,27). The monoisotopic (exact) mass is 456 g/mol. The number of fused-ring (bicyclic) bond motifs is 2. The van der Waals surface area contributed by atoms with Crippen LogP contribution in [0.15, 0.2) is 42.9 Å². The van der Waals surface area contributed by atoms with Crippen molar-refractivity contribution in [2.45, 2.75) is 13.0 Å². The third-order valence-corrected chi connectivity index (χ3v) is 6.05. The summed E-state index contributed by atoms with van der Waals surface area (Å²) in [7, 11) is 0. The second kappa shape index (κ2) is 8.00. The van der Waals surface area contributed by atoms with Gasteiger partial charge in [0.05, 0.1) is 35.7 Å². The molecule has 1 aromatic carbocycles. The number of carbonyl (C=O) groups is 1. The molecule has 0 saturated carbocycles.